The van der Waals surface area contributed by atoms with Gasteiger partial charge in [0.1, 0.15) is 0 Å². The van der Waals surface area contributed by atoms with Gasteiger partial charge >= 0.3 is 0 Å². The van der Waals surface area contributed by atoms with E-state index in [1.165, 1.54) is 35.0 Å². The van der Waals surface area contributed by atoms with Crippen molar-refractivity contribution in [2.75, 3.05) is 5.32 Å². The molecule has 0 unspecified atom stereocenters. The molecule has 0 fully saturated rings. The highest BCUT2D eigenvalue weighted by Gasteiger charge is 2.17. The first kappa shape index (κ1) is 16.7. The highest BCUT2D eigenvalue weighted by atomic mass is 35.5. The van der Waals surface area contributed by atoms with Crippen molar-refractivity contribution in [1.82, 2.24) is 9.78 Å². The van der Waals surface area contributed by atoms with E-state index in [-0.39, 0.29) is 5.69 Å². The molecule has 0 spiro atoms. The number of anilines is 1. The van der Waals surface area contributed by atoms with Crippen LogP contribution in [0.15, 0.2) is 47.3 Å². The lowest BCUT2D eigenvalue weighted by molar-refractivity contribution is 0.0997. The summed E-state index contributed by atoms with van der Waals surface area (Å²) in [5, 5.41) is 7.32. The number of rotatable bonds is 3. The number of aryl methyl sites for hydroxylation is 1. The summed E-state index contributed by atoms with van der Waals surface area (Å²) in [7, 11) is 1.63. The second-order valence-electron chi connectivity index (χ2n) is 5.36. The molecule has 1 heterocycles. The van der Waals surface area contributed by atoms with E-state index in [1.807, 2.05) is 0 Å². The van der Waals surface area contributed by atoms with Gasteiger partial charge < -0.3 is 11.1 Å². The van der Waals surface area contributed by atoms with Gasteiger partial charge in [0, 0.05) is 23.3 Å². The Hall–Kier alpha value is -3.19. The zero-order valence-corrected chi connectivity index (χ0v) is 13.9. The molecule has 8 heteroatoms. The van der Waals surface area contributed by atoms with Gasteiger partial charge in [0.2, 0.25) is 11.3 Å². The van der Waals surface area contributed by atoms with Crippen molar-refractivity contribution in [2.45, 2.75) is 0 Å². The predicted octanol–water partition coefficient (Wildman–Crippen LogP) is 1.94. The second-order valence-corrected chi connectivity index (χ2v) is 5.79. The van der Waals surface area contributed by atoms with E-state index >= 15 is 0 Å². The Balaban J connectivity index is 1.98. The largest absolute Gasteiger partial charge is 0.366 e. The van der Waals surface area contributed by atoms with E-state index in [9.17, 15) is 14.4 Å². The van der Waals surface area contributed by atoms with Crippen LogP contribution in [0.2, 0.25) is 5.02 Å². The zero-order chi connectivity index (χ0) is 18.1. The number of hydrogen-bond acceptors (Lipinski definition) is 4. The Kier molecular flexibility index (Phi) is 4.24. The van der Waals surface area contributed by atoms with Crippen molar-refractivity contribution in [1.29, 1.82) is 0 Å². The molecule has 2 aromatic carbocycles. The first-order chi connectivity index (χ1) is 11.9. The van der Waals surface area contributed by atoms with Gasteiger partial charge in [0.15, 0.2) is 5.69 Å². The van der Waals surface area contributed by atoms with Gasteiger partial charge in [-0.1, -0.05) is 11.6 Å². The summed E-state index contributed by atoms with van der Waals surface area (Å²) in [6, 6.07) is 10.8. The molecule has 25 heavy (non-hydrogen) atoms. The maximum atomic E-state index is 12.6. The van der Waals surface area contributed by atoms with Gasteiger partial charge in [-0.3, -0.25) is 19.1 Å². The average molecular weight is 357 g/mol. The summed E-state index contributed by atoms with van der Waals surface area (Å²) in [5.74, 6) is -1.23. The molecule has 0 bridgehead atoms. The quantitative estimate of drug-likeness (QED) is 0.747. The molecule has 0 atom stereocenters. The van der Waals surface area contributed by atoms with Crippen molar-refractivity contribution in [3.05, 3.63) is 69.0 Å². The highest BCUT2D eigenvalue weighted by Crippen LogP contribution is 2.16. The van der Waals surface area contributed by atoms with Crippen LogP contribution in [0.3, 0.4) is 0 Å². The number of aromatic nitrogens is 2. The van der Waals surface area contributed by atoms with Crippen molar-refractivity contribution >= 4 is 40.0 Å². The molecule has 0 saturated heterocycles. The fourth-order valence-corrected chi connectivity index (χ4v) is 2.58. The molecule has 2 amide bonds. The second kappa shape index (κ2) is 6.37. The van der Waals surface area contributed by atoms with E-state index in [0.717, 1.165) is 0 Å². The van der Waals surface area contributed by atoms with Crippen molar-refractivity contribution in [2.24, 2.45) is 12.8 Å². The maximum Gasteiger partial charge on any atom is 0.280 e. The molecule has 0 aliphatic rings. The fraction of sp³-hybridized carbons (Fsp3) is 0.0588. The molecule has 0 aliphatic heterocycles. The van der Waals surface area contributed by atoms with Gasteiger partial charge in [-0.15, -0.1) is 0 Å². The van der Waals surface area contributed by atoms with E-state index < -0.39 is 17.2 Å². The molecule has 0 saturated carbocycles. The van der Waals surface area contributed by atoms with Crippen LogP contribution in [0.5, 0.6) is 0 Å². The Morgan fingerprint density at radius 3 is 2.48 bits per heavy atom. The third-order valence-electron chi connectivity index (χ3n) is 3.66. The number of nitrogens with one attached hydrogen (secondary N) is 1. The summed E-state index contributed by atoms with van der Waals surface area (Å²) < 4.78 is 1.44. The number of nitrogens with two attached hydrogens (primary N) is 1. The van der Waals surface area contributed by atoms with Gasteiger partial charge in [-0.05, 0) is 42.5 Å². The van der Waals surface area contributed by atoms with Crippen LogP contribution < -0.4 is 16.5 Å². The van der Waals surface area contributed by atoms with Crippen molar-refractivity contribution in [3.8, 4) is 0 Å². The molecule has 3 N–H and O–H groups in total. The third kappa shape index (κ3) is 3.22. The van der Waals surface area contributed by atoms with Crippen LogP contribution in [-0.2, 0) is 7.05 Å². The lowest BCUT2D eigenvalue weighted by Gasteiger charge is -2.09. The number of benzene rings is 2. The van der Waals surface area contributed by atoms with Crippen LogP contribution in [0.1, 0.15) is 20.8 Å². The Bertz CT molecular complexity index is 1060. The van der Waals surface area contributed by atoms with Gasteiger partial charge in [0.25, 0.3) is 5.91 Å². The summed E-state index contributed by atoms with van der Waals surface area (Å²) in [4.78, 5) is 36.0. The molecule has 0 radical (unpaired) electrons. The SMILES string of the molecule is Cn1nc(C(=O)Nc2ccc(C(N)=O)cc2)c(=O)c2cc(Cl)ccc21. The summed E-state index contributed by atoms with van der Waals surface area (Å²) >= 11 is 5.94. The molecular formula is C17H13ClN4O3. The highest BCUT2D eigenvalue weighted by molar-refractivity contribution is 6.31. The number of fused-ring (bicyclic) bond motifs is 1. The monoisotopic (exact) mass is 356 g/mol. The lowest BCUT2D eigenvalue weighted by atomic mass is 10.1. The minimum atomic E-state index is -0.658. The predicted molar refractivity (Wildman–Crippen MR) is 94.9 cm³/mol. The fourth-order valence-electron chi connectivity index (χ4n) is 2.41. The minimum Gasteiger partial charge on any atom is -0.366 e. The zero-order valence-electron chi connectivity index (χ0n) is 13.1. The Morgan fingerprint density at radius 2 is 1.84 bits per heavy atom. The number of primary amides is 1. The van der Waals surface area contributed by atoms with Gasteiger partial charge in [0.05, 0.1) is 10.9 Å². The smallest absolute Gasteiger partial charge is 0.280 e. The normalized spacial score (nSPS) is 10.6. The van der Waals surface area contributed by atoms with Crippen LogP contribution >= 0.6 is 11.6 Å². The maximum absolute atomic E-state index is 12.6. The Labute approximate surface area is 147 Å². The third-order valence-corrected chi connectivity index (χ3v) is 3.89. The number of hydrogen-bond donors (Lipinski definition) is 2. The molecule has 3 aromatic rings. The minimum absolute atomic E-state index is 0.253. The number of amides is 2. The van der Waals surface area contributed by atoms with E-state index in [2.05, 4.69) is 10.4 Å². The molecule has 1 aromatic heterocycles. The van der Waals surface area contributed by atoms with E-state index in [1.54, 1.807) is 19.2 Å². The van der Waals surface area contributed by atoms with Crippen LogP contribution in [0, 0.1) is 0 Å². The number of halogens is 1. The first-order valence-electron chi connectivity index (χ1n) is 7.24. The summed E-state index contributed by atoms with van der Waals surface area (Å²) in [6.07, 6.45) is 0. The van der Waals surface area contributed by atoms with Crippen LogP contribution in [0.4, 0.5) is 5.69 Å². The summed E-state index contributed by atoms with van der Waals surface area (Å²) in [6.45, 7) is 0. The summed E-state index contributed by atoms with van der Waals surface area (Å²) in [5.41, 5.74) is 5.69. The molecule has 3 rings (SSSR count). The van der Waals surface area contributed by atoms with E-state index in [4.69, 9.17) is 17.3 Å². The Morgan fingerprint density at radius 1 is 1.16 bits per heavy atom. The van der Waals surface area contributed by atoms with Crippen LogP contribution in [-0.4, -0.2) is 21.6 Å². The van der Waals surface area contributed by atoms with E-state index in [0.29, 0.717) is 27.2 Å². The van der Waals surface area contributed by atoms with Gasteiger partial charge in [-0.2, -0.15) is 5.10 Å². The standard InChI is InChI=1S/C17H13ClN4O3/c1-22-13-7-4-10(18)8-12(13)15(23)14(21-22)17(25)20-11-5-2-9(3-6-11)16(19)24/h2-8H,1H3,(H2,19,24)(H,20,25). The van der Waals surface area contributed by atoms with Gasteiger partial charge in [-0.25, -0.2) is 0 Å². The first-order valence-corrected chi connectivity index (χ1v) is 7.62. The molecule has 126 valence electrons. The van der Waals surface area contributed by atoms with Crippen molar-refractivity contribution < 1.29 is 9.59 Å². The van der Waals surface area contributed by atoms with Crippen molar-refractivity contribution in [3.63, 3.8) is 0 Å². The average Bonchev–Trinajstić information content (AvgIpc) is 2.58. The van der Waals surface area contributed by atoms with Crippen LogP contribution in [0.25, 0.3) is 10.9 Å². The topological polar surface area (TPSA) is 107 Å². The number of nitrogens with zero attached hydrogens (tertiary/aromatic N) is 2. The molecule has 7 nitrogen and oxygen atoms in total. The number of carbonyl (C=O) groups excluding carboxylic acids is 2. The molecule has 0 aliphatic carbocycles. The number of carbonyl (C=O) groups is 2. The molecular weight excluding hydrogens is 344 g/mol. The lowest BCUT2D eigenvalue weighted by Crippen LogP contribution is -2.26.